The van der Waals surface area contributed by atoms with Gasteiger partial charge in [0, 0.05) is 32.7 Å². The van der Waals surface area contributed by atoms with Crippen LogP contribution in [0.2, 0.25) is 0 Å². The van der Waals surface area contributed by atoms with E-state index in [0.717, 1.165) is 64.1 Å². The zero-order valence-electron chi connectivity index (χ0n) is 13.1. The molecule has 122 valence electrons. The van der Waals surface area contributed by atoms with Gasteiger partial charge in [0.25, 0.3) is 5.91 Å². The first-order valence-electron chi connectivity index (χ1n) is 8.20. The van der Waals surface area contributed by atoms with Crippen LogP contribution in [0.25, 0.3) is 0 Å². The molecule has 7 heteroatoms. The smallest absolute Gasteiger partial charge is 0.267 e. The summed E-state index contributed by atoms with van der Waals surface area (Å²) in [5, 5.41) is 14.1. The summed E-state index contributed by atoms with van der Waals surface area (Å²) in [5.41, 5.74) is 0.837. The van der Waals surface area contributed by atoms with Gasteiger partial charge in [-0.3, -0.25) is 9.69 Å². The number of aliphatic hydroxyl groups excluding tert-OH is 1. The van der Waals surface area contributed by atoms with Gasteiger partial charge in [0.15, 0.2) is 0 Å². The van der Waals surface area contributed by atoms with E-state index in [1.54, 1.807) is 0 Å². The average molecular weight is 324 g/mol. The normalized spacial score (nSPS) is 21.1. The third-order valence-electron chi connectivity index (χ3n) is 4.51. The Bertz CT molecular complexity index is 509. The van der Waals surface area contributed by atoms with Gasteiger partial charge < -0.3 is 10.0 Å². The van der Waals surface area contributed by atoms with Crippen LogP contribution in [0.15, 0.2) is 0 Å². The molecule has 0 unspecified atom stereocenters. The first-order chi connectivity index (χ1) is 10.7. The fraction of sp³-hybridized carbons (Fsp3) is 0.800. The summed E-state index contributed by atoms with van der Waals surface area (Å²) in [6, 6.07) is 0. The van der Waals surface area contributed by atoms with Crippen LogP contribution in [0.3, 0.4) is 0 Å². The van der Waals surface area contributed by atoms with E-state index in [2.05, 4.69) is 21.4 Å². The molecule has 1 aliphatic carbocycles. The number of hydrogen-bond donors (Lipinski definition) is 1. The van der Waals surface area contributed by atoms with Gasteiger partial charge in [-0.25, -0.2) is 0 Å². The molecular formula is C15H24N4O2S. The molecule has 1 atom stereocenters. The van der Waals surface area contributed by atoms with E-state index in [4.69, 9.17) is 0 Å². The predicted molar refractivity (Wildman–Crippen MR) is 85.0 cm³/mol. The Labute approximate surface area is 135 Å². The van der Waals surface area contributed by atoms with Gasteiger partial charge in [-0.2, -0.15) is 0 Å². The maximum Gasteiger partial charge on any atom is 0.267 e. The van der Waals surface area contributed by atoms with Crippen molar-refractivity contribution in [1.82, 2.24) is 19.4 Å². The lowest BCUT2D eigenvalue weighted by atomic mass is 10.2. The van der Waals surface area contributed by atoms with Crippen molar-refractivity contribution in [3.05, 3.63) is 10.6 Å². The van der Waals surface area contributed by atoms with Crippen molar-refractivity contribution in [3.63, 3.8) is 0 Å². The van der Waals surface area contributed by atoms with Crippen LogP contribution >= 0.6 is 11.5 Å². The summed E-state index contributed by atoms with van der Waals surface area (Å²) >= 11 is 1.21. The minimum atomic E-state index is -0.191. The molecule has 0 radical (unpaired) electrons. The summed E-state index contributed by atoms with van der Waals surface area (Å²) in [4.78, 5) is 17.5. The topological polar surface area (TPSA) is 69.6 Å². The SMILES string of the molecule is CCCc1nnsc1C(=O)N1CCN(C[C@H](O)C2CC2)CC1. The number of nitrogens with zero attached hydrogens (tertiary/aromatic N) is 4. The molecule has 1 aromatic rings. The largest absolute Gasteiger partial charge is 0.392 e. The van der Waals surface area contributed by atoms with Crippen LogP contribution in [0.5, 0.6) is 0 Å². The molecule has 0 aromatic carbocycles. The number of aryl methyl sites for hydroxylation is 1. The molecule has 1 saturated carbocycles. The van der Waals surface area contributed by atoms with Crippen molar-refractivity contribution in [2.75, 3.05) is 32.7 Å². The van der Waals surface area contributed by atoms with Gasteiger partial charge in [-0.1, -0.05) is 17.8 Å². The van der Waals surface area contributed by atoms with Crippen molar-refractivity contribution >= 4 is 17.4 Å². The van der Waals surface area contributed by atoms with Crippen LogP contribution in [0.4, 0.5) is 0 Å². The number of β-amino-alcohol motifs (C(OH)–C–C–N with tert-alkyl or cyclic N) is 1. The van der Waals surface area contributed by atoms with Crippen LogP contribution in [0.1, 0.15) is 41.6 Å². The first-order valence-corrected chi connectivity index (χ1v) is 8.97. The van der Waals surface area contributed by atoms with Crippen molar-refractivity contribution in [1.29, 1.82) is 0 Å². The first kappa shape index (κ1) is 15.8. The molecule has 1 saturated heterocycles. The minimum Gasteiger partial charge on any atom is -0.392 e. The quantitative estimate of drug-likeness (QED) is 0.846. The summed E-state index contributed by atoms with van der Waals surface area (Å²) in [6.07, 6.45) is 3.92. The highest BCUT2D eigenvalue weighted by molar-refractivity contribution is 7.08. The second kappa shape index (κ2) is 7.02. The lowest BCUT2D eigenvalue weighted by Gasteiger charge is -2.35. The van der Waals surface area contributed by atoms with Crippen LogP contribution in [0, 0.1) is 5.92 Å². The zero-order valence-corrected chi connectivity index (χ0v) is 13.9. The van der Waals surface area contributed by atoms with Crippen molar-refractivity contribution in [3.8, 4) is 0 Å². The van der Waals surface area contributed by atoms with Crippen molar-refractivity contribution in [2.45, 2.75) is 38.7 Å². The average Bonchev–Trinajstić information content (AvgIpc) is 3.28. The monoisotopic (exact) mass is 324 g/mol. The molecule has 1 amide bonds. The lowest BCUT2D eigenvalue weighted by molar-refractivity contribution is 0.0491. The summed E-state index contributed by atoms with van der Waals surface area (Å²) in [6.45, 7) is 5.95. The molecule has 2 fully saturated rings. The molecule has 2 aliphatic rings. The number of aliphatic hydroxyl groups is 1. The second-order valence-corrected chi connectivity index (χ2v) is 7.05. The molecule has 0 bridgehead atoms. The third kappa shape index (κ3) is 3.64. The van der Waals surface area contributed by atoms with Crippen molar-refractivity contribution < 1.29 is 9.90 Å². The highest BCUT2D eigenvalue weighted by atomic mass is 32.1. The van der Waals surface area contributed by atoms with Gasteiger partial charge in [0.1, 0.15) is 4.88 Å². The maximum absolute atomic E-state index is 12.6. The van der Waals surface area contributed by atoms with E-state index in [1.807, 2.05) is 4.90 Å². The van der Waals surface area contributed by atoms with E-state index in [0.29, 0.717) is 10.8 Å². The third-order valence-corrected chi connectivity index (χ3v) is 5.26. The van der Waals surface area contributed by atoms with E-state index >= 15 is 0 Å². The fourth-order valence-electron chi connectivity index (χ4n) is 2.94. The van der Waals surface area contributed by atoms with E-state index in [-0.39, 0.29) is 12.0 Å². The van der Waals surface area contributed by atoms with Gasteiger partial charge in [-0.05, 0) is 36.7 Å². The summed E-state index contributed by atoms with van der Waals surface area (Å²) in [5.74, 6) is 0.584. The summed E-state index contributed by atoms with van der Waals surface area (Å²) < 4.78 is 3.94. The number of piperazine rings is 1. The van der Waals surface area contributed by atoms with Crippen LogP contribution < -0.4 is 0 Å². The molecule has 2 heterocycles. The van der Waals surface area contributed by atoms with Gasteiger partial charge in [0.2, 0.25) is 0 Å². The van der Waals surface area contributed by atoms with Crippen molar-refractivity contribution in [2.24, 2.45) is 5.92 Å². The molecule has 1 N–H and O–H groups in total. The highest BCUT2D eigenvalue weighted by Gasteiger charge is 2.32. The molecule has 3 rings (SSSR count). The lowest BCUT2D eigenvalue weighted by Crippen LogP contribution is -2.50. The molecular weight excluding hydrogens is 300 g/mol. The number of rotatable bonds is 6. The Hall–Kier alpha value is -1.05. The Morgan fingerprint density at radius 1 is 1.36 bits per heavy atom. The standard InChI is InChI=1S/C15H24N4O2S/c1-2-3-12-14(22-17-16-12)15(21)19-8-6-18(7-9-19)10-13(20)11-4-5-11/h11,13,20H,2-10H2,1H3/t13-/m0/s1. The van der Waals surface area contributed by atoms with E-state index in [1.165, 1.54) is 11.5 Å². The predicted octanol–water partition coefficient (Wildman–Crippen LogP) is 1.02. The number of carbonyl (C=O) groups excluding carboxylic acids is 1. The Balaban J connectivity index is 1.51. The minimum absolute atomic E-state index is 0.0702. The highest BCUT2D eigenvalue weighted by Crippen LogP contribution is 2.33. The second-order valence-electron chi connectivity index (χ2n) is 6.30. The number of carbonyl (C=O) groups is 1. The molecule has 1 aromatic heterocycles. The Kier molecular flexibility index (Phi) is 5.05. The maximum atomic E-state index is 12.6. The van der Waals surface area contributed by atoms with E-state index < -0.39 is 0 Å². The number of hydrogen-bond acceptors (Lipinski definition) is 6. The van der Waals surface area contributed by atoms with Gasteiger partial charge in [0.05, 0.1) is 11.8 Å². The van der Waals surface area contributed by atoms with E-state index in [9.17, 15) is 9.90 Å². The molecule has 22 heavy (non-hydrogen) atoms. The van der Waals surface area contributed by atoms with Crippen LogP contribution in [-0.4, -0.2) is 69.2 Å². The van der Waals surface area contributed by atoms with Gasteiger partial charge >= 0.3 is 0 Å². The Morgan fingerprint density at radius 3 is 2.73 bits per heavy atom. The van der Waals surface area contributed by atoms with Gasteiger partial charge in [-0.15, -0.1) is 5.10 Å². The number of amides is 1. The van der Waals surface area contributed by atoms with Crippen LogP contribution in [-0.2, 0) is 6.42 Å². The molecule has 6 nitrogen and oxygen atoms in total. The Morgan fingerprint density at radius 2 is 2.09 bits per heavy atom. The fourth-order valence-corrected chi connectivity index (χ4v) is 3.62. The summed E-state index contributed by atoms with van der Waals surface area (Å²) in [7, 11) is 0. The molecule has 1 aliphatic heterocycles. The zero-order chi connectivity index (χ0) is 15.5. The molecule has 0 spiro atoms. The number of aromatic nitrogens is 2.